The number of nitrogens with zero attached hydrogens (tertiary/aromatic N) is 3. The average molecular weight is 288 g/mol. The molecule has 0 aliphatic carbocycles. The number of anilines is 2. The molecule has 0 atom stereocenters. The van der Waals surface area contributed by atoms with Crippen molar-refractivity contribution in [2.45, 2.75) is 26.3 Å². The van der Waals surface area contributed by atoms with Crippen LogP contribution in [0.25, 0.3) is 0 Å². The van der Waals surface area contributed by atoms with Gasteiger partial charge in [-0.3, -0.25) is 0 Å². The van der Waals surface area contributed by atoms with Crippen molar-refractivity contribution in [3.05, 3.63) is 16.1 Å². The Kier molecular flexibility index (Phi) is 5.48. The van der Waals surface area contributed by atoms with Gasteiger partial charge in [-0.2, -0.15) is 5.26 Å². The molecule has 1 heterocycles. The molecule has 7 heteroatoms. The monoisotopic (exact) mass is 287 g/mol. The van der Waals surface area contributed by atoms with Crippen LogP contribution in [0.4, 0.5) is 11.6 Å². The van der Waals surface area contributed by atoms with Crippen molar-refractivity contribution in [1.29, 1.82) is 5.26 Å². The highest BCUT2D eigenvalue weighted by molar-refractivity contribution is 6.37. The van der Waals surface area contributed by atoms with E-state index in [1.807, 2.05) is 18.7 Å². The number of nitrogen functional groups attached to an aromatic ring is 1. The van der Waals surface area contributed by atoms with E-state index in [-0.39, 0.29) is 6.04 Å². The summed E-state index contributed by atoms with van der Waals surface area (Å²) in [5.74, 6) is 6.26. The van der Waals surface area contributed by atoms with E-state index in [0.29, 0.717) is 34.6 Å². The molecule has 1 aromatic rings. The van der Waals surface area contributed by atoms with Crippen molar-refractivity contribution in [2.75, 3.05) is 16.9 Å². The maximum Gasteiger partial charge on any atom is 0.161 e. The van der Waals surface area contributed by atoms with Crippen LogP contribution in [0.15, 0.2) is 6.07 Å². The Morgan fingerprint density at radius 1 is 1.50 bits per heavy atom. The number of pyridine rings is 1. The van der Waals surface area contributed by atoms with Gasteiger partial charge in [-0.1, -0.05) is 23.2 Å². The predicted molar refractivity (Wildman–Crippen MR) is 74.8 cm³/mol. The average Bonchev–Trinajstić information content (AvgIpc) is 2.31. The number of hydrogen-bond donors (Lipinski definition) is 2. The summed E-state index contributed by atoms with van der Waals surface area (Å²) in [6.07, 6.45) is 0.393. The van der Waals surface area contributed by atoms with Gasteiger partial charge in [0.1, 0.15) is 5.82 Å². The second-order valence-electron chi connectivity index (χ2n) is 3.96. The van der Waals surface area contributed by atoms with Crippen LogP contribution in [0.2, 0.25) is 10.0 Å². The number of aromatic nitrogens is 1. The fourth-order valence-electron chi connectivity index (χ4n) is 1.54. The van der Waals surface area contributed by atoms with Crippen molar-refractivity contribution in [3.8, 4) is 6.07 Å². The fraction of sp³-hybridized carbons (Fsp3) is 0.455. The van der Waals surface area contributed by atoms with Crippen LogP contribution in [-0.2, 0) is 0 Å². The molecule has 3 N–H and O–H groups in total. The summed E-state index contributed by atoms with van der Waals surface area (Å²) in [5, 5.41) is 9.47. The summed E-state index contributed by atoms with van der Waals surface area (Å²) in [6, 6.07) is 3.85. The zero-order chi connectivity index (χ0) is 13.7. The molecule has 0 saturated carbocycles. The lowest BCUT2D eigenvalue weighted by molar-refractivity contribution is 0.677. The predicted octanol–water partition coefficient (Wildman–Crippen LogP) is 2.80. The van der Waals surface area contributed by atoms with Crippen LogP contribution in [0.5, 0.6) is 0 Å². The molecule has 0 aromatic carbocycles. The lowest BCUT2D eigenvalue weighted by Gasteiger charge is -2.28. The second kappa shape index (κ2) is 6.64. The minimum atomic E-state index is 0.162. The molecule has 0 radical (unpaired) electrons. The first kappa shape index (κ1) is 14.8. The summed E-state index contributed by atoms with van der Waals surface area (Å²) in [7, 11) is 0. The first-order valence-electron chi connectivity index (χ1n) is 5.47. The molecule has 0 saturated heterocycles. The quantitative estimate of drug-likeness (QED) is 0.643. The van der Waals surface area contributed by atoms with E-state index in [0.717, 1.165) is 0 Å². The van der Waals surface area contributed by atoms with E-state index >= 15 is 0 Å². The van der Waals surface area contributed by atoms with Gasteiger partial charge in [0.05, 0.1) is 22.5 Å². The maximum atomic E-state index is 8.67. The van der Waals surface area contributed by atoms with Gasteiger partial charge < -0.3 is 10.3 Å². The largest absolute Gasteiger partial charge is 0.352 e. The van der Waals surface area contributed by atoms with Crippen LogP contribution in [0.3, 0.4) is 0 Å². The van der Waals surface area contributed by atoms with Gasteiger partial charge in [-0.05, 0) is 19.9 Å². The molecular formula is C11H15Cl2N5. The van der Waals surface area contributed by atoms with Gasteiger partial charge in [0.15, 0.2) is 5.82 Å². The van der Waals surface area contributed by atoms with Crippen LogP contribution < -0.4 is 16.2 Å². The van der Waals surface area contributed by atoms with Gasteiger partial charge in [0.25, 0.3) is 0 Å². The van der Waals surface area contributed by atoms with Crippen LogP contribution in [0, 0.1) is 11.3 Å². The molecule has 5 nitrogen and oxygen atoms in total. The molecule has 0 fully saturated rings. The molecule has 18 heavy (non-hydrogen) atoms. The third-order valence-electron chi connectivity index (χ3n) is 2.41. The van der Waals surface area contributed by atoms with Crippen molar-refractivity contribution < 1.29 is 0 Å². The topological polar surface area (TPSA) is 78.0 Å². The third kappa shape index (κ3) is 3.39. The smallest absolute Gasteiger partial charge is 0.161 e. The van der Waals surface area contributed by atoms with Gasteiger partial charge >= 0.3 is 0 Å². The Hall–Kier alpha value is -1.22. The highest BCUT2D eigenvalue weighted by Crippen LogP contribution is 2.32. The number of hydrogen-bond acceptors (Lipinski definition) is 5. The van der Waals surface area contributed by atoms with Gasteiger partial charge in [-0.25, -0.2) is 10.8 Å². The number of halogens is 2. The number of hydrazine groups is 1. The van der Waals surface area contributed by atoms with E-state index in [1.54, 1.807) is 6.07 Å². The van der Waals surface area contributed by atoms with E-state index < -0.39 is 0 Å². The first-order valence-corrected chi connectivity index (χ1v) is 6.23. The van der Waals surface area contributed by atoms with E-state index in [9.17, 15) is 0 Å². The molecule has 1 rings (SSSR count). The van der Waals surface area contributed by atoms with E-state index in [4.69, 9.17) is 34.3 Å². The zero-order valence-corrected chi connectivity index (χ0v) is 11.8. The zero-order valence-electron chi connectivity index (χ0n) is 10.2. The minimum absolute atomic E-state index is 0.162. The summed E-state index contributed by atoms with van der Waals surface area (Å²) in [6.45, 7) is 4.55. The highest BCUT2D eigenvalue weighted by Gasteiger charge is 2.17. The van der Waals surface area contributed by atoms with Crippen molar-refractivity contribution in [3.63, 3.8) is 0 Å². The standard InChI is InChI=1S/C11H15Cl2N5/c1-7(2)18(5-3-4-14)11-9(13)6-8(12)10(16-11)17-15/h6-7H,3,5,15H2,1-2H3,(H,16,17). The van der Waals surface area contributed by atoms with Gasteiger partial charge in [0.2, 0.25) is 0 Å². The number of rotatable bonds is 5. The lowest BCUT2D eigenvalue weighted by atomic mass is 10.2. The second-order valence-corrected chi connectivity index (χ2v) is 4.78. The number of nitriles is 1. The van der Waals surface area contributed by atoms with Crippen LogP contribution in [0.1, 0.15) is 20.3 Å². The summed E-state index contributed by atoms with van der Waals surface area (Å²) in [5.41, 5.74) is 2.42. The summed E-state index contributed by atoms with van der Waals surface area (Å²) < 4.78 is 0. The third-order valence-corrected chi connectivity index (χ3v) is 2.97. The number of nitrogens with one attached hydrogen (secondary N) is 1. The first-order chi connectivity index (χ1) is 8.51. The molecule has 0 bridgehead atoms. The number of nitrogens with two attached hydrogens (primary N) is 1. The van der Waals surface area contributed by atoms with Crippen molar-refractivity contribution in [1.82, 2.24) is 4.98 Å². The van der Waals surface area contributed by atoms with Crippen molar-refractivity contribution in [2.24, 2.45) is 5.84 Å². The molecule has 1 aromatic heterocycles. The van der Waals surface area contributed by atoms with Crippen molar-refractivity contribution >= 4 is 34.8 Å². The molecule has 0 unspecified atom stereocenters. The Balaban J connectivity index is 3.15. The van der Waals surface area contributed by atoms with Crippen LogP contribution in [-0.4, -0.2) is 17.6 Å². The lowest BCUT2D eigenvalue weighted by Crippen LogP contribution is -2.33. The van der Waals surface area contributed by atoms with Crippen LogP contribution >= 0.6 is 23.2 Å². The molecular weight excluding hydrogens is 273 g/mol. The Bertz CT molecular complexity index is 455. The van der Waals surface area contributed by atoms with Gasteiger partial charge in [0, 0.05) is 12.6 Å². The Morgan fingerprint density at radius 3 is 2.67 bits per heavy atom. The van der Waals surface area contributed by atoms with E-state index in [1.165, 1.54) is 0 Å². The highest BCUT2D eigenvalue weighted by atomic mass is 35.5. The molecule has 0 aliphatic heterocycles. The molecule has 98 valence electrons. The SMILES string of the molecule is CC(C)N(CCC#N)c1nc(NN)c(Cl)cc1Cl. The fourth-order valence-corrected chi connectivity index (χ4v) is 2.06. The molecule has 0 aliphatic rings. The normalized spacial score (nSPS) is 10.3. The summed E-state index contributed by atoms with van der Waals surface area (Å²) in [4.78, 5) is 6.21. The summed E-state index contributed by atoms with van der Waals surface area (Å²) >= 11 is 12.1. The Morgan fingerprint density at radius 2 is 2.17 bits per heavy atom. The van der Waals surface area contributed by atoms with Gasteiger partial charge in [-0.15, -0.1) is 0 Å². The molecule has 0 amide bonds. The maximum absolute atomic E-state index is 8.67. The Labute approximate surface area is 116 Å². The molecule has 0 spiro atoms. The van der Waals surface area contributed by atoms with E-state index in [2.05, 4.69) is 16.5 Å². The minimum Gasteiger partial charge on any atom is -0.352 e.